The molecule has 2 aromatic heterocycles. The monoisotopic (exact) mass is 949 g/mol. The normalized spacial score (nSPS) is 22.6. The Morgan fingerprint density at radius 2 is 1.51 bits per heavy atom. The Bertz CT molecular complexity index is 2820. The number of hydrogen-bond acceptors (Lipinski definition) is 16. The lowest BCUT2D eigenvalue weighted by Gasteiger charge is -2.40. The van der Waals surface area contributed by atoms with Gasteiger partial charge in [0.05, 0.1) is 35.0 Å². The van der Waals surface area contributed by atoms with E-state index in [1.165, 1.54) is 0 Å². The van der Waals surface area contributed by atoms with Crippen molar-refractivity contribution in [3.05, 3.63) is 93.8 Å². The van der Waals surface area contributed by atoms with Gasteiger partial charge in [-0.15, -0.1) is 0 Å². The van der Waals surface area contributed by atoms with E-state index < -0.39 is 23.8 Å². The number of nitrogens with one attached hydrogen (secondary N) is 2. The number of imide groups is 2. The second-order valence-electron chi connectivity index (χ2n) is 19.6. The van der Waals surface area contributed by atoms with E-state index >= 15 is 0 Å². The van der Waals surface area contributed by atoms with Crippen LogP contribution in [0.15, 0.2) is 71.0 Å². The first-order valence-electron chi connectivity index (χ1n) is 24.7. The number of aromatic nitrogens is 5. The fourth-order valence-electron chi connectivity index (χ4n) is 11.3. The third kappa shape index (κ3) is 8.61. The number of carbonyl (C=O) groups is 5. The van der Waals surface area contributed by atoms with Gasteiger partial charge >= 0.3 is 0 Å². The summed E-state index contributed by atoms with van der Waals surface area (Å²) in [7, 11) is 1.86. The molecule has 0 aliphatic carbocycles. The van der Waals surface area contributed by atoms with Crippen molar-refractivity contribution in [2.75, 3.05) is 112 Å². The average Bonchev–Trinajstić information content (AvgIpc) is 4.10. The molecule has 5 amide bonds. The molecule has 1 unspecified atom stereocenters. The van der Waals surface area contributed by atoms with Gasteiger partial charge in [0, 0.05) is 133 Å². The van der Waals surface area contributed by atoms with Gasteiger partial charge in [0.15, 0.2) is 0 Å². The van der Waals surface area contributed by atoms with E-state index in [0.29, 0.717) is 40.8 Å². The van der Waals surface area contributed by atoms with E-state index in [-0.39, 0.29) is 30.7 Å². The quantitative estimate of drug-likeness (QED) is 0.208. The maximum absolute atomic E-state index is 13.7. The fraction of sp³-hybridized carbons (Fsp3) is 0.480. The largest absolute Gasteiger partial charge is 0.371 e. The number of pyridine rings is 1. The van der Waals surface area contributed by atoms with Crippen molar-refractivity contribution in [1.82, 2.24) is 50.1 Å². The number of aliphatic imine (C=N–C) groups is 1. The Labute approximate surface area is 406 Å². The summed E-state index contributed by atoms with van der Waals surface area (Å²) in [6.45, 7) is 17.5. The predicted molar refractivity (Wildman–Crippen MR) is 262 cm³/mol. The summed E-state index contributed by atoms with van der Waals surface area (Å²) in [6.07, 6.45) is 4.25. The summed E-state index contributed by atoms with van der Waals surface area (Å²) >= 11 is 0. The molecule has 4 fully saturated rings. The molecule has 0 spiro atoms. The Balaban J connectivity index is 0.612. The van der Waals surface area contributed by atoms with Crippen LogP contribution in [0.25, 0.3) is 0 Å². The molecule has 2 aromatic carbocycles. The summed E-state index contributed by atoms with van der Waals surface area (Å²) in [6, 6.07) is 14.3. The van der Waals surface area contributed by atoms with Crippen LogP contribution in [0.2, 0.25) is 0 Å². The number of piperazine rings is 2. The molecule has 4 saturated heterocycles. The molecule has 7 aliphatic heterocycles. The van der Waals surface area contributed by atoms with Crippen molar-refractivity contribution >= 4 is 58.4 Å². The number of tetrazole rings is 1. The molecule has 70 heavy (non-hydrogen) atoms. The third-order valence-corrected chi connectivity index (χ3v) is 15.6. The van der Waals surface area contributed by atoms with Crippen LogP contribution in [0.1, 0.15) is 83.0 Å². The highest BCUT2D eigenvalue weighted by atomic mass is 16.2. The highest BCUT2D eigenvalue weighted by Crippen LogP contribution is 2.35. The fourth-order valence-corrected chi connectivity index (χ4v) is 11.3. The smallest absolute Gasteiger partial charge is 0.262 e. The van der Waals surface area contributed by atoms with Gasteiger partial charge in [0.25, 0.3) is 17.7 Å². The van der Waals surface area contributed by atoms with Crippen LogP contribution < -0.4 is 25.3 Å². The molecule has 7 aliphatic rings. The average molecular weight is 950 g/mol. The standard InChI is InChI=1S/C50H59N15O5/c1-31-44(32(2)65-50(58(31)3)55-56-57-65)47(68)53-36-5-4-35-29-52-45(39(35)27-36)34-10-13-51-42(26-34)63-24-22-60(23-25-63)17-16-59-18-20-61(21-19-59)30-33-11-14-62(15-12-33)37-6-7-38-40(28-37)49(70)64(48(38)69)41-8-9-43(66)54-46(41)67/h4-7,10,13,26-28,32-33,41H,8-9,11-12,14-25,29-30H2,1-3H3,(H,53,68)(H,54,66,67)/t32-,41?/m0/s1. The van der Waals surface area contributed by atoms with E-state index in [1.54, 1.807) is 16.8 Å². The summed E-state index contributed by atoms with van der Waals surface area (Å²) in [5.41, 5.74) is 7.75. The number of fused-ring (bicyclic) bond motifs is 3. The van der Waals surface area contributed by atoms with Gasteiger partial charge in [0.1, 0.15) is 11.9 Å². The molecule has 4 aromatic rings. The molecule has 2 atom stereocenters. The van der Waals surface area contributed by atoms with Gasteiger partial charge in [-0.25, -0.2) is 9.67 Å². The Morgan fingerprint density at radius 3 is 2.27 bits per heavy atom. The first-order valence-corrected chi connectivity index (χ1v) is 24.7. The van der Waals surface area contributed by atoms with Crippen LogP contribution >= 0.6 is 0 Å². The molecule has 9 heterocycles. The van der Waals surface area contributed by atoms with Crippen LogP contribution in [0.3, 0.4) is 0 Å². The van der Waals surface area contributed by atoms with Crippen molar-refractivity contribution in [3.8, 4) is 0 Å². The second-order valence-corrected chi connectivity index (χ2v) is 19.6. The Kier molecular flexibility index (Phi) is 12.2. The number of allylic oxidation sites excluding steroid dienone is 1. The molecular formula is C50H59N15O5. The third-order valence-electron chi connectivity index (χ3n) is 15.6. The number of anilines is 4. The Hall–Kier alpha value is -6.90. The molecule has 20 heteroatoms. The maximum Gasteiger partial charge on any atom is 0.262 e. The zero-order chi connectivity index (χ0) is 48.2. The lowest BCUT2D eigenvalue weighted by atomic mass is 9.95. The molecule has 2 N–H and O–H groups in total. The SMILES string of the molecule is CC1=C(C(=O)Nc2ccc3c(c2)C(c2ccnc(N4CCN(CCN5CCN(CC6CCN(c7ccc8c(c7)C(=O)N(C7CCC(=O)NC7=O)C8=O)CC6)CC5)CC4)c2)=NC3)[C@H](C)n2nnnc2N1C. The minimum Gasteiger partial charge on any atom is -0.371 e. The second kappa shape index (κ2) is 18.8. The topological polar surface area (TPSA) is 201 Å². The van der Waals surface area contributed by atoms with Gasteiger partial charge in [-0.3, -0.25) is 49.0 Å². The first kappa shape index (κ1) is 45.5. The molecular weight excluding hydrogens is 891 g/mol. The van der Waals surface area contributed by atoms with Crippen LogP contribution in [-0.4, -0.2) is 178 Å². The van der Waals surface area contributed by atoms with E-state index in [9.17, 15) is 24.0 Å². The summed E-state index contributed by atoms with van der Waals surface area (Å²) in [5.74, 6) is 0.0587. The van der Waals surface area contributed by atoms with Crippen molar-refractivity contribution < 1.29 is 24.0 Å². The van der Waals surface area contributed by atoms with Gasteiger partial charge in [-0.1, -0.05) is 11.2 Å². The maximum atomic E-state index is 13.7. The summed E-state index contributed by atoms with van der Waals surface area (Å²) in [5, 5.41) is 17.4. The molecule has 11 rings (SSSR count). The number of benzene rings is 2. The highest BCUT2D eigenvalue weighted by Gasteiger charge is 2.45. The highest BCUT2D eigenvalue weighted by molar-refractivity contribution is 6.24. The molecule has 20 nitrogen and oxygen atoms in total. The number of hydrogen-bond donors (Lipinski definition) is 2. The minimum absolute atomic E-state index is 0.101. The molecule has 0 radical (unpaired) electrons. The van der Waals surface area contributed by atoms with Crippen molar-refractivity contribution in [1.29, 1.82) is 0 Å². The van der Waals surface area contributed by atoms with Crippen LogP contribution in [0.4, 0.5) is 23.1 Å². The van der Waals surface area contributed by atoms with Gasteiger partial charge < -0.3 is 24.9 Å². The number of nitrogens with zero attached hydrogens (tertiary/aromatic N) is 13. The van der Waals surface area contributed by atoms with Crippen LogP contribution in [0, 0.1) is 5.92 Å². The van der Waals surface area contributed by atoms with Crippen LogP contribution in [0.5, 0.6) is 0 Å². The minimum atomic E-state index is -0.962. The molecule has 0 bridgehead atoms. The lowest BCUT2D eigenvalue weighted by Crippen LogP contribution is -2.54. The predicted octanol–water partition coefficient (Wildman–Crippen LogP) is 2.40. The van der Waals surface area contributed by atoms with E-state index in [4.69, 9.17) is 9.98 Å². The van der Waals surface area contributed by atoms with Crippen molar-refractivity contribution in [2.24, 2.45) is 10.9 Å². The van der Waals surface area contributed by atoms with Gasteiger partial charge in [-0.2, -0.15) is 0 Å². The molecule has 0 saturated carbocycles. The number of rotatable bonds is 11. The summed E-state index contributed by atoms with van der Waals surface area (Å²) < 4.78 is 1.66. The van der Waals surface area contributed by atoms with Crippen molar-refractivity contribution in [3.63, 3.8) is 0 Å². The van der Waals surface area contributed by atoms with E-state index in [1.807, 2.05) is 62.3 Å². The van der Waals surface area contributed by atoms with Gasteiger partial charge in [0.2, 0.25) is 17.8 Å². The van der Waals surface area contributed by atoms with E-state index in [2.05, 4.69) is 56.7 Å². The first-order chi connectivity index (χ1) is 34.0. The Morgan fingerprint density at radius 1 is 0.786 bits per heavy atom. The van der Waals surface area contributed by atoms with Crippen molar-refractivity contribution in [2.45, 2.75) is 58.2 Å². The number of carbonyl (C=O) groups excluding carboxylic acids is 5. The van der Waals surface area contributed by atoms with Crippen LogP contribution in [-0.2, 0) is 20.9 Å². The summed E-state index contributed by atoms with van der Waals surface area (Å²) in [4.78, 5) is 89.5. The zero-order valence-electron chi connectivity index (χ0n) is 40.0. The lowest BCUT2D eigenvalue weighted by molar-refractivity contribution is -0.136. The number of amides is 5. The molecule has 364 valence electrons. The van der Waals surface area contributed by atoms with E-state index in [0.717, 1.165) is 142 Å². The zero-order valence-corrected chi connectivity index (χ0v) is 40.0. The number of piperidine rings is 2. The van der Waals surface area contributed by atoms with Gasteiger partial charge in [-0.05, 0) is 97.5 Å².